The fourth-order valence-electron chi connectivity index (χ4n) is 3.90. The second-order valence-electron chi connectivity index (χ2n) is 8.02. The van der Waals surface area contributed by atoms with E-state index in [2.05, 4.69) is 20.8 Å². The van der Waals surface area contributed by atoms with E-state index in [1.165, 1.54) is 35.9 Å². The van der Waals surface area contributed by atoms with Gasteiger partial charge in [0.2, 0.25) is 11.1 Å². The minimum atomic E-state index is 0.0786. The summed E-state index contributed by atoms with van der Waals surface area (Å²) in [6.45, 7) is 7.40. The van der Waals surface area contributed by atoms with Gasteiger partial charge in [-0.3, -0.25) is 9.59 Å². The van der Waals surface area contributed by atoms with Crippen LogP contribution >= 0.6 is 11.8 Å². The van der Waals surface area contributed by atoms with E-state index in [-0.39, 0.29) is 17.9 Å². The number of carbonyl (C=O) groups is 2. The summed E-state index contributed by atoms with van der Waals surface area (Å²) >= 11 is 1.43. The van der Waals surface area contributed by atoms with Gasteiger partial charge in [-0.25, -0.2) is 4.68 Å². The Kier molecular flexibility index (Phi) is 7.66. The molecular weight excluding hydrogens is 378 g/mol. The van der Waals surface area contributed by atoms with Crippen molar-refractivity contribution >= 4 is 23.6 Å². The van der Waals surface area contributed by atoms with Crippen LogP contribution in [0.15, 0.2) is 5.16 Å². The van der Waals surface area contributed by atoms with Crippen LogP contribution in [0.5, 0.6) is 0 Å². The lowest BCUT2D eigenvalue weighted by Gasteiger charge is -2.32. The summed E-state index contributed by atoms with van der Waals surface area (Å²) in [6, 6.07) is 0.530. The molecule has 2 fully saturated rings. The maximum Gasteiger partial charge on any atom is 0.275 e. The number of quaternary nitrogens is 1. The molecule has 1 aromatic rings. The Bertz CT molecular complexity index is 652. The molecule has 0 bridgehead atoms. The summed E-state index contributed by atoms with van der Waals surface area (Å²) in [4.78, 5) is 27.6. The third kappa shape index (κ3) is 5.91. The number of thioether (sulfide) groups is 1. The fourth-order valence-corrected chi connectivity index (χ4v) is 4.75. The van der Waals surface area contributed by atoms with Gasteiger partial charge in [-0.1, -0.05) is 31.0 Å². The van der Waals surface area contributed by atoms with E-state index in [4.69, 9.17) is 0 Å². The summed E-state index contributed by atoms with van der Waals surface area (Å²) in [6.07, 6.45) is 5.95. The first-order valence-electron chi connectivity index (χ1n) is 10.3. The second-order valence-corrected chi connectivity index (χ2v) is 8.96. The number of rotatable bonds is 7. The van der Waals surface area contributed by atoms with Crippen LogP contribution in [0.4, 0.5) is 0 Å². The van der Waals surface area contributed by atoms with Gasteiger partial charge in [0, 0.05) is 6.04 Å². The number of aromatic nitrogens is 4. The molecule has 9 nitrogen and oxygen atoms in total. The standard InChI is InChI=1S/C18H31N7O2S/c1-14(2)19-16(26)12-23-8-10-24(11-9-23)17(27)13-28-18-20-21-22-25(18)15-6-4-3-5-7-15/h14-15H,3-13H2,1-2H3,(H,19,26)/p+1. The third-order valence-corrected chi connectivity index (χ3v) is 6.31. The Morgan fingerprint density at radius 3 is 2.61 bits per heavy atom. The molecule has 1 aliphatic heterocycles. The smallest absolute Gasteiger partial charge is 0.275 e. The van der Waals surface area contributed by atoms with E-state index >= 15 is 0 Å². The average Bonchev–Trinajstić information content (AvgIpc) is 3.15. The molecule has 1 aliphatic carbocycles. The van der Waals surface area contributed by atoms with Gasteiger partial charge in [-0.2, -0.15) is 0 Å². The predicted octanol–water partition coefficient (Wildman–Crippen LogP) is -0.478. The summed E-state index contributed by atoms with van der Waals surface area (Å²) in [5.74, 6) is 0.555. The highest BCUT2D eigenvalue weighted by Crippen LogP contribution is 2.30. The molecule has 2 heterocycles. The maximum absolute atomic E-state index is 12.6. The molecule has 0 aromatic carbocycles. The number of amides is 2. The van der Waals surface area contributed by atoms with Crippen molar-refractivity contribution < 1.29 is 14.5 Å². The Labute approximate surface area is 170 Å². The number of hydrogen-bond donors (Lipinski definition) is 2. The van der Waals surface area contributed by atoms with Crippen molar-refractivity contribution in [3.8, 4) is 0 Å². The van der Waals surface area contributed by atoms with Crippen LogP contribution in [0.1, 0.15) is 52.0 Å². The maximum atomic E-state index is 12.6. The van der Waals surface area contributed by atoms with Gasteiger partial charge in [0.05, 0.1) is 38.0 Å². The zero-order valence-corrected chi connectivity index (χ0v) is 17.7. The van der Waals surface area contributed by atoms with Crippen molar-refractivity contribution in [1.82, 2.24) is 30.4 Å². The van der Waals surface area contributed by atoms with Gasteiger partial charge in [-0.15, -0.1) is 5.10 Å². The molecule has 1 saturated heterocycles. The molecule has 0 radical (unpaired) electrons. The van der Waals surface area contributed by atoms with E-state index in [1.54, 1.807) is 0 Å². The first-order valence-corrected chi connectivity index (χ1v) is 11.3. The number of carbonyl (C=O) groups excluding carboxylic acids is 2. The first kappa shape index (κ1) is 21.0. The van der Waals surface area contributed by atoms with Gasteiger partial charge in [0.1, 0.15) is 0 Å². The summed E-state index contributed by atoms with van der Waals surface area (Å²) in [7, 11) is 0. The summed E-state index contributed by atoms with van der Waals surface area (Å²) in [5.41, 5.74) is 0. The number of tetrazole rings is 1. The number of nitrogens with zero attached hydrogens (tertiary/aromatic N) is 5. The molecule has 2 N–H and O–H groups in total. The highest BCUT2D eigenvalue weighted by atomic mass is 32.2. The first-order chi connectivity index (χ1) is 13.5. The molecule has 28 heavy (non-hydrogen) atoms. The lowest BCUT2D eigenvalue weighted by atomic mass is 9.96. The van der Waals surface area contributed by atoms with Crippen LogP contribution in [-0.4, -0.2) is 81.4 Å². The number of nitrogens with one attached hydrogen (secondary N) is 2. The molecule has 0 spiro atoms. The molecule has 10 heteroatoms. The molecule has 0 unspecified atom stereocenters. The van der Waals surface area contributed by atoms with Crippen LogP contribution in [0.25, 0.3) is 0 Å². The monoisotopic (exact) mass is 410 g/mol. The van der Waals surface area contributed by atoms with E-state index in [9.17, 15) is 9.59 Å². The summed E-state index contributed by atoms with van der Waals surface area (Å²) < 4.78 is 1.91. The summed E-state index contributed by atoms with van der Waals surface area (Å²) in [5, 5.41) is 15.8. The Morgan fingerprint density at radius 2 is 1.93 bits per heavy atom. The zero-order valence-electron chi connectivity index (χ0n) is 16.9. The van der Waals surface area contributed by atoms with Crippen molar-refractivity contribution in [3.05, 3.63) is 0 Å². The minimum absolute atomic E-state index is 0.0786. The van der Waals surface area contributed by atoms with Gasteiger partial charge in [-0.05, 0) is 37.1 Å². The van der Waals surface area contributed by atoms with Crippen LogP contribution in [-0.2, 0) is 9.59 Å². The second kappa shape index (κ2) is 10.2. The van der Waals surface area contributed by atoms with Crippen molar-refractivity contribution in [1.29, 1.82) is 0 Å². The van der Waals surface area contributed by atoms with Crippen molar-refractivity contribution in [3.63, 3.8) is 0 Å². The van der Waals surface area contributed by atoms with Crippen molar-refractivity contribution in [2.75, 3.05) is 38.5 Å². The Hall–Kier alpha value is -1.68. The van der Waals surface area contributed by atoms with Crippen molar-refractivity contribution in [2.24, 2.45) is 0 Å². The molecule has 2 aliphatic rings. The molecule has 1 saturated carbocycles. The number of piperazine rings is 1. The van der Waals surface area contributed by atoms with Crippen LogP contribution in [0, 0.1) is 0 Å². The van der Waals surface area contributed by atoms with Crippen molar-refractivity contribution in [2.45, 2.75) is 63.2 Å². The van der Waals surface area contributed by atoms with Gasteiger partial charge < -0.3 is 15.1 Å². The lowest BCUT2D eigenvalue weighted by Crippen LogP contribution is -3.16. The van der Waals surface area contributed by atoms with E-state index in [1.807, 2.05) is 23.4 Å². The SMILES string of the molecule is CC(C)NC(=O)C[NH+]1CCN(C(=O)CSc2nnnn2C2CCCCC2)CC1. The predicted molar refractivity (Wildman–Crippen MR) is 106 cm³/mol. The zero-order chi connectivity index (χ0) is 19.9. The highest BCUT2D eigenvalue weighted by Gasteiger charge is 2.26. The molecule has 1 aromatic heterocycles. The largest absolute Gasteiger partial charge is 0.349 e. The lowest BCUT2D eigenvalue weighted by molar-refractivity contribution is -0.896. The molecule has 0 atom stereocenters. The third-order valence-electron chi connectivity index (χ3n) is 5.39. The van der Waals surface area contributed by atoms with Gasteiger partial charge >= 0.3 is 0 Å². The van der Waals surface area contributed by atoms with E-state index in [0.717, 1.165) is 31.1 Å². The molecular formula is C18H32N7O2S+. The normalized spacial score (nSPS) is 19.2. The Balaban J connectivity index is 1.42. The van der Waals surface area contributed by atoms with Gasteiger partial charge in [0.25, 0.3) is 5.91 Å². The minimum Gasteiger partial charge on any atom is -0.349 e. The Morgan fingerprint density at radius 1 is 1.21 bits per heavy atom. The van der Waals surface area contributed by atoms with E-state index < -0.39 is 0 Å². The van der Waals surface area contributed by atoms with E-state index in [0.29, 0.717) is 31.4 Å². The van der Waals surface area contributed by atoms with Gasteiger partial charge in [0.15, 0.2) is 6.54 Å². The molecule has 156 valence electrons. The number of hydrogen-bond acceptors (Lipinski definition) is 6. The molecule has 2 amide bonds. The van der Waals surface area contributed by atoms with Crippen LogP contribution in [0.3, 0.4) is 0 Å². The quantitative estimate of drug-likeness (QED) is 0.590. The van der Waals surface area contributed by atoms with Crippen LogP contribution < -0.4 is 10.2 Å². The topological polar surface area (TPSA) is 97.5 Å². The molecule has 3 rings (SSSR count). The fraction of sp³-hybridized carbons (Fsp3) is 0.833. The average molecular weight is 411 g/mol. The van der Waals surface area contributed by atoms with Crippen LogP contribution in [0.2, 0.25) is 0 Å². The highest BCUT2D eigenvalue weighted by molar-refractivity contribution is 7.99.